The molecule has 20 heavy (non-hydrogen) atoms. The first kappa shape index (κ1) is 12.9. The highest BCUT2D eigenvalue weighted by Crippen LogP contribution is 2.18. The summed E-state index contributed by atoms with van der Waals surface area (Å²) in [5.41, 5.74) is 2.47. The first-order valence-electron chi connectivity index (χ1n) is 6.78. The van der Waals surface area contributed by atoms with E-state index in [1.807, 2.05) is 13.8 Å². The second-order valence-electron chi connectivity index (χ2n) is 5.16. The number of hydrogen-bond donors (Lipinski definition) is 3. The molecule has 0 saturated heterocycles. The van der Waals surface area contributed by atoms with Crippen molar-refractivity contribution in [3.63, 3.8) is 0 Å². The van der Waals surface area contributed by atoms with Gasteiger partial charge in [0, 0.05) is 42.9 Å². The van der Waals surface area contributed by atoms with Crippen LogP contribution in [0.15, 0.2) is 12.3 Å². The molecule has 0 spiro atoms. The molecule has 1 aliphatic heterocycles. The van der Waals surface area contributed by atoms with E-state index in [0.29, 0.717) is 18.1 Å². The van der Waals surface area contributed by atoms with Crippen molar-refractivity contribution in [2.24, 2.45) is 0 Å². The number of nitrogens with zero attached hydrogens (tertiary/aromatic N) is 3. The monoisotopic (exact) mass is 274 g/mol. The Morgan fingerprint density at radius 3 is 3.15 bits per heavy atom. The Morgan fingerprint density at radius 1 is 1.50 bits per heavy atom. The van der Waals surface area contributed by atoms with Crippen LogP contribution in [0.5, 0.6) is 0 Å². The van der Waals surface area contributed by atoms with E-state index in [4.69, 9.17) is 0 Å². The second kappa shape index (κ2) is 5.09. The number of hydrogen-bond acceptors (Lipinski definition) is 4. The van der Waals surface area contributed by atoms with E-state index in [9.17, 15) is 4.79 Å². The number of carbonyl (C=O) groups is 1. The number of nitrogens with one attached hydrogen (secondary N) is 3. The summed E-state index contributed by atoms with van der Waals surface area (Å²) in [5, 5.41) is 17.4. The van der Waals surface area contributed by atoms with Gasteiger partial charge in [-0.1, -0.05) is 0 Å². The minimum atomic E-state index is -0.200. The van der Waals surface area contributed by atoms with Crippen molar-refractivity contribution in [1.29, 1.82) is 0 Å². The van der Waals surface area contributed by atoms with Crippen LogP contribution in [0.25, 0.3) is 0 Å². The summed E-state index contributed by atoms with van der Waals surface area (Å²) in [7, 11) is 0. The fourth-order valence-electron chi connectivity index (χ4n) is 2.41. The van der Waals surface area contributed by atoms with Crippen LogP contribution in [-0.2, 0) is 13.0 Å². The third-order valence-electron chi connectivity index (χ3n) is 3.42. The predicted octanol–water partition coefficient (Wildman–Crippen LogP) is 1.09. The largest absolute Gasteiger partial charge is 0.312 e. The molecule has 3 heterocycles. The molecule has 0 aliphatic carbocycles. The molecule has 2 aromatic heterocycles. The molecule has 106 valence electrons. The van der Waals surface area contributed by atoms with Crippen LogP contribution >= 0.6 is 0 Å². The molecule has 7 heteroatoms. The van der Waals surface area contributed by atoms with E-state index in [1.165, 1.54) is 0 Å². The third-order valence-corrected chi connectivity index (χ3v) is 3.42. The van der Waals surface area contributed by atoms with Gasteiger partial charge in [0.2, 0.25) is 0 Å². The fraction of sp³-hybridized carbons (Fsp3) is 0.462. The van der Waals surface area contributed by atoms with Gasteiger partial charge < -0.3 is 10.6 Å². The highest BCUT2D eigenvalue weighted by atomic mass is 16.2. The van der Waals surface area contributed by atoms with Crippen molar-refractivity contribution in [3.05, 3.63) is 29.2 Å². The van der Waals surface area contributed by atoms with E-state index in [2.05, 4.69) is 25.9 Å². The second-order valence-corrected chi connectivity index (χ2v) is 5.16. The number of anilines is 1. The van der Waals surface area contributed by atoms with Crippen LogP contribution in [0.4, 0.5) is 5.82 Å². The van der Waals surface area contributed by atoms with Crippen LogP contribution in [0, 0.1) is 0 Å². The maximum atomic E-state index is 12.4. The lowest BCUT2D eigenvalue weighted by atomic mass is 10.1. The van der Waals surface area contributed by atoms with E-state index >= 15 is 0 Å². The lowest BCUT2D eigenvalue weighted by Crippen LogP contribution is -2.25. The molecule has 3 rings (SSSR count). The molecule has 0 atom stereocenters. The minimum absolute atomic E-state index is 0.190. The van der Waals surface area contributed by atoms with Gasteiger partial charge in [-0.05, 0) is 13.8 Å². The van der Waals surface area contributed by atoms with Crippen molar-refractivity contribution >= 4 is 11.7 Å². The molecule has 0 saturated carbocycles. The molecule has 3 N–H and O–H groups in total. The predicted molar refractivity (Wildman–Crippen MR) is 74.6 cm³/mol. The summed E-state index contributed by atoms with van der Waals surface area (Å²) in [4.78, 5) is 12.4. The lowest BCUT2D eigenvalue weighted by molar-refractivity contribution is 0.102. The molecule has 1 aliphatic rings. The molecule has 0 aromatic carbocycles. The average Bonchev–Trinajstić information content (AvgIpc) is 3.04. The van der Waals surface area contributed by atoms with Gasteiger partial charge in [-0.15, -0.1) is 0 Å². The molecule has 2 aromatic rings. The van der Waals surface area contributed by atoms with E-state index in [0.717, 1.165) is 24.2 Å². The van der Waals surface area contributed by atoms with Crippen LogP contribution in [0.3, 0.4) is 0 Å². The van der Waals surface area contributed by atoms with Crippen molar-refractivity contribution < 1.29 is 4.79 Å². The molecule has 0 unspecified atom stereocenters. The molecular weight excluding hydrogens is 256 g/mol. The van der Waals surface area contributed by atoms with Crippen LogP contribution in [0.1, 0.15) is 41.6 Å². The summed E-state index contributed by atoms with van der Waals surface area (Å²) >= 11 is 0. The number of rotatable bonds is 3. The zero-order chi connectivity index (χ0) is 14.1. The van der Waals surface area contributed by atoms with Gasteiger partial charge in [0.25, 0.3) is 5.91 Å². The van der Waals surface area contributed by atoms with Crippen LogP contribution in [-0.4, -0.2) is 32.4 Å². The first-order chi connectivity index (χ1) is 9.66. The standard InChI is InChI=1S/C13H18N6O/c1-8(2)19-11(4-6-15-19)16-13(20)12-9-7-14-5-3-10(9)17-18-12/h4,6,8,14H,3,5,7H2,1-2H3,(H,16,20)(H,17,18). The first-order valence-corrected chi connectivity index (χ1v) is 6.78. The number of fused-ring (bicyclic) bond motifs is 1. The quantitative estimate of drug-likeness (QED) is 0.781. The Morgan fingerprint density at radius 2 is 2.35 bits per heavy atom. The Balaban J connectivity index is 1.83. The van der Waals surface area contributed by atoms with Gasteiger partial charge in [-0.25, -0.2) is 4.68 Å². The topological polar surface area (TPSA) is 87.6 Å². The van der Waals surface area contributed by atoms with Crippen molar-refractivity contribution in [2.45, 2.75) is 32.9 Å². The molecule has 0 radical (unpaired) electrons. The average molecular weight is 274 g/mol. The van der Waals surface area contributed by atoms with E-state index in [-0.39, 0.29) is 11.9 Å². The summed E-state index contributed by atoms with van der Waals surface area (Å²) in [6, 6.07) is 1.98. The Hall–Kier alpha value is -2.15. The zero-order valence-electron chi connectivity index (χ0n) is 11.6. The van der Waals surface area contributed by atoms with Crippen LogP contribution in [0.2, 0.25) is 0 Å². The third kappa shape index (κ3) is 2.20. The number of aromatic amines is 1. The van der Waals surface area contributed by atoms with Gasteiger partial charge in [-0.3, -0.25) is 9.89 Å². The lowest BCUT2D eigenvalue weighted by Gasteiger charge is -2.14. The number of carbonyl (C=O) groups excluding carboxylic acids is 1. The highest BCUT2D eigenvalue weighted by molar-refractivity contribution is 6.03. The normalized spacial score (nSPS) is 14.3. The molecular formula is C13H18N6O. The van der Waals surface area contributed by atoms with E-state index < -0.39 is 0 Å². The summed E-state index contributed by atoms with van der Waals surface area (Å²) in [5.74, 6) is 0.485. The SMILES string of the molecule is CC(C)n1nccc1NC(=O)c1n[nH]c2c1CNCC2. The maximum Gasteiger partial charge on any atom is 0.277 e. The van der Waals surface area contributed by atoms with Gasteiger partial charge >= 0.3 is 0 Å². The van der Waals surface area contributed by atoms with Gasteiger partial charge in [0.15, 0.2) is 5.69 Å². The molecule has 1 amide bonds. The Kier molecular flexibility index (Phi) is 3.27. The number of aromatic nitrogens is 4. The molecule has 7 nitrogen and oxygen atoms in total. The van der Waals surface area contributed by atoms with E-state index in [1.54, 1.807) is 16.9 Å². The van der Waals surface area contributed by atoms with Gasteiger partial charge in [-0.2, -0.15) is 10.2 Å². The minimum Gasteiger partial charge on any atom is -0.312 e. The highest BCUT2D eigenvalue weighted by Gasteiger charge is 2.22. The number of H-pyrrole nitrogens is 1. The Labute approximate surface area is 116 Å². The summed E-state index contributed by atoms with van der Waals surface area (Å²) in [6.45, 7) is 5.63. The summed E-state index contributed by atoms with van der Waals surface area (Å²) in [6.07, 6.45) is 2.55. The smallest absolute Gasteiger partial charge is 0.277 e. The van der Waals surface area contributed by atoms with Crippen molar-refractivity contribution in [1.82, 2.24) is 25.3 Å². The van der Waals surface area contributed by atoms with Crippen molar-refractivity contribution in [3.8, 4) is 0 Å². The Bertz CT molecular complexity index is 627. The van der Waals surface area contributed by atoms with Gasteiger partial charge in [0.05, 0.1) is 6.20 Å². The zero-order valence-corrected chi connectivity index (χ0v) is 11.6. The van der Waals surface area contributed by atoms with Crippen molar-refractivity contribution in [2.75, 3.05) is 11.9 Å². The fourth-order valence-corrected chi connectivity index (χ4v) is 2.41. The number of amides is 1. The maximum absolute atomic E-state index is 12.4. The van der Waals surface area contributed by atoms with Crippen LogP contribution < -0.4 is 10.6 Å². The van der Waals surface area contributed by atoms with Gasteiger partial charge in [0.1, 0.15) is 5.82 Å². The molecule has 0 bridgehead atoms. The molecule has 0 fully saturated rings. The summed E-state index contributed by atoms with van der Waals surface area (Å²) < 4.78 is 1.77.